The number of rotatable bonds is 6. The van der Waals surface area contributed by atoms with Gasteiger partial charge in [-0.2, -0.15) is 5.10 Å². The molecule has 1 aromatic heterocycles. The molecule has 0 unspecified atom stereocenters. The predicted octanol–water partition coefficient (Wildman–Crippen LogP) is 4.24. The summed E-state index contributed by atoms with van der Waals surface area (Å²) in [6, 6.07) is 6.32. The lowest BCUT2D eigenvalue weighted by Gasteiger charge is -2.46. The number of hydrogen-bond acceptors (Lipinski definition) is 5. The van der Waals surface area contributed by atoms with Crippen molar-refractivity contribution in [3.05, 3.63) is 53.1 Å². The zero-order chi connectivity index (χ0) is 23.6. The van der Waals surface area contributed by atoms with Crippen molar-refractivity contribution in [3.63, 3.8) is 0 Å². The number of carbonyl (C=O) groups excluding carboxylic acids is 1. The molecular weight excluding hydrogens is 425 g/mol. The average Bonchev–Trinajstić information content (AvgIpc) is 3.16. The van der Waals surface area contributed by atoms with Gasteiger partial charge in [-0.15, -0.1) is 0 Å². The van der Waals surface area contributed by atoms with Crippen LogP contribution < -0.4 is 0 Å². The Morgan fingerprint density at radius 2 is 1.97 bits per heavy atom. The topological polar surface area (TPSA) is 65.8 Å². The summed E-state index contributed by atoms with van der Waals surface area (Å²) in [4.78, 5) is 14.6. The van der Waals surface area contributed by atoms with Crippen LogP contribution in [0.1, 0.15) is 38.4 Å². The second-order valence-corrected chi connectivity index (χ2v) is 9.77. The van der Waals surface area contributed by atoms with Crippen LogP contribution in [-0.4, -0.2) is 66.4 Å². The molecule has 8 heteroatoms. The van der Waals surface area contributed by atoms with E-state index in [1.807, 2.05) is 31.6 Å². The Morgan fingerprint density at radius 1 is 1.21 bits per heavy atom. The molecule has 0 N–H and O–H groups in total. The van der Waals surface area contributed by atoms with Crippen LogP contribution >= 0.6 is 0 Å². The summed E-state index contributed by atoms with van der Waals surface area (Å²) in [5.74, 6) is -0.278. The number of benzene rings is 1. The molecule has 2 aromatic rings. The Bertz CT molecular complexity index is 1030. The van der Waals surface area contributed by atoms with Crippen LogP contribution in [0, 0.1) is 11.2 Å². The maximum absolute atomic E-state index is 13.4. The number of nitrogens with zero attached hydrogens (tertiary/aromatic N) is 3. The third-order valence-corrected chi connectivity index (χ3v) is 6.08. The van der Waals surface area contributed by atoms with Crippen LogP contribution in [0.15, 0.2) is 36.0 Å². The average molecular weight is 458 g/mol. The molecule has 1 atom stereocenters. The smallest absolute Gasteiger partial charge is 0.410 e. The lowest BCUT2D eigenvalue weighted by Crippen LogP contribution is -2.52. The van der Waals surface area contributed by atoms with Crippen LogP contribution in [-0.2, 0) is 20.6 Å². The van der Waals surface area contributed by atoms with Gasteiger partial charge >= 0.3 is 6.09 Å². The number of likely N-dealkylation sites (tertiary alicyclic amines) is 1. The molecule has 0 spiro atoms. The molecule has 4 rings (SSSR count). The Kier molecular flexibility index (Phi) is 6.59. The SMILES string of the molecule is COCCOC[C@]12Cc3cnn(-c4ccc(F)cc4)c3C=C1CCN(C(=O)OC(C)(C)C)C2. The molecule has 0 bridgehead atoms. The summed E-state index contributed by atoms with van der Waals surface area (Å²) >= 11 is 0. The van der Waals surface area contributed by atoms with E-state index >= 15 is 0 Å². The zero-order valence-corrected chi connectivity index (χ0v) is 19.8. The van der Waals surface area contributed by atoms with Crippen molar-refractivity contribution < 1.29 is 23.4 Å². The minimum Gasteiger partial charge on any atom is -0.444 e. The van der Waals surface area contributed by atoms with Crippen molar-refractivity contribution in [1.82, 2.24) is 14.7 Å². The summed E-state index contributed by atoms with van der Waals surface area (Å²) in [5, 5.41) is 4.58. The van der Waals surface area contributed by atoms with Gasteiger partial charge in [-0.25, -0.2) is 13.9 Å². The second kappa shape index (κ2) is 9.27. The van der Waals surface area contributed by atoms with Crippen LogP contribution in [0.2, 0.25) is 0 Å². The van der Waals surface area contributed by atoms with Gasteiger partial charge in [0.2, 0.25) is 0 Å². The van der Waals surface area contributed by atoms with E-state index in [0.29, 0.717) is 39.3 Å². The summed E-state index contributed by atoms with van der Waals surface area (Å²) in [6.45, 7) is 8.20. The lowest BCUT2D eigenvalue weighted by molar-refractivity contribution is -0.0133. The number of halogens is 1. The summed E-state index contributed by atoms with van der Waals surface area (Å²) in [6.07, 6.45) is 5.14. The van der Waals surface area contributed by atoms with Crippen molar-refractivity contribution in [1.29, 1.82) is 0 Å². The highest BCUT2D eigenvalue weighted by molar-refractivity contribution is 5.70. The third-order valence-electron chi connectivity index (χ3n) is 6.08. The van der Waals surface area contributed by atoms with Gasteiger partial charge in [-0.3, -0.25) is 0 Å². The quantitative estimate of drug-likeness (QED) is 0.607. The van der Waals surface area contributed by atoms with Crippen molar-refractivity contribution in [2.24, 2.45) is 5.41 Å². The third kappa shape index (κ3) is 5.12. The van der Waals surface area contributed by atoms with E-state index < -0.39 is 5.60 Å². The molecule has 2 aliphatic rings. The number of piperidine rings is 1. The Hall–Kier alpha value is -2.71. The highest BCUT2D eigenvalue weighted by Gasteiger charge is 2.45. The van der Waals surface area contributed by atoms with Crippen molar-refractivity contribution in [3.8, 4) is 5.69 Å². The molecule has 33 heavy (non-hydrogen) atoms. The fourth-order valence-electron chi connectivity index (χ4n) is 4.54. The van der Waals surface area contributed by atoms with Gasteiger partial charge in [0.1, 0.15) is 11.4 Å². The number of methoxy groups -OCH3 is 1. The summed E-state index contributed by atoms with van der Waals surface area (Å²) < 4.78 is 32.0. The predicted molar refractivity (Wildman–Crippen MR) is 123 cm³/mol. The lowest BCUT2D eigenvalue weighted by atomic mass is 9.69. The first-order valence-electron chi connectivity index (χ1n) is 11.3. The van der Waals surface area contributed by atoms with Gasteiger partial charge < -0.3 is 19.1 Å². The molecule has 1 fully saturated rings. The van der Waals surface area contributed by atoms with Crippen LogP contribution in [0.4, 0.5) is 9.18 Å². The normalized spacial score (nSPS) is 20.2. The molecule has 0 radical (unpaired) electrons. The number of ether oxygens (including phenoxy) is 3. The largest absolute Gasteiger partial charge is 0.444 e. The van der Waals surface area contributed by atoms with E-state index in [2.05, 4.69) is 11.2 Å². The molecule has 1 aliphatic heterocycles. The number of aromatic nitrogens is 2. The van der Waals surface area contributed by atoms with E-state index in [1.165, 1.54) is 17.7 Å². The van der Waals surface area contributed by atoms with Crippen LogP contribution in [0.5, 0.6) is 0 Å². The van der Waals surface area contributed by atoms with Gasteiger partial charge in [-0.05, 0) is 69.5 Å². The molecule has 1 aromatic carbocycles. The standard InChI is InChI=1S/C25H32FN3O4/c1-24(2,3)33-23(30)28-10-9-19-13-22-18(14-25(19,16-28)17-32-12-11-31-4)15-27-29(22)21-7-5-20(26)6-8-21/h5-8,13,15H,9-12,14,16-17H2,1-4H3/t25-/m1/s1. The van der Waals surface area contributed by atoms with Gasteiger partial charge in [0, 0.05) is 25.6 Å². The molecule has 0 saturated carbocycles. The second-order valence-electron chi connectivity index (χ2n) is 9.77. The summed E-state index contributed by atoms with van der Waals surface area (Å²) in [7, 11) is 1.65. The zero-order valence-electron chi connectivity index (χ0n) is 19.8. The molecule has 7 nitrogen and oxygen atoms in total. The fraction of sp³-hybridized carbons (Fsp3) is 0.520. The van der Waals surface area contributed by atoms with Crippen LogP contribution in [0.25, 0.3) is 11.8 Å². The van der Waals surface area contributed by atoms with Crippen molar-refractivity contribution in [2.45, 2.75) is 39.2 Å². The number of fused-ring (bicyclic) bond motifs is 2. The Morgan fingerprint density at radius 3 is 2.67 bits per heavy atom. The highest BCUT2D eigenvalue weighted by Crippen LogP contribution is 2.44. The van der Waals surface area contributed by atoms with Crippen LogP contribution in [0.3, 0.4) is 0 Å². The summed E-state index contributed by atoms with van der Waals surface area (Å²) in [5.41, 5.74) is 3.21. The maximum atomic E-state index is 13.4. The first-order valence-corrected chi connectivity index (χ1v) is 11.3. The molecule has 1 saturated heterocycles. The number of hydrogen-bond donors (Lipinski definition) is 0. The maximum Gasteiger partial charge on any atom is 0.410 e. The number of amides is 1. The first kappa shape index (κ1) is 23.4. The molecular formula is C25H32FN3O4. The minimum atomic E-state index is -0.550. The van der Waals surface area contributed by atoms with Gasteiger partial charge in [-0.1, -0.05) is 5.57 Å². The van der Waals surface area contributed by atoms with E-state index in [-0.39, 0.29) is 17.3 Å². The van der Waals surface area contributed by atoms with E-state index in [9.17, 15) is 9.18 Å². The van der Waals surface area contributed by atoms with Crippen molar-refractivity contribution in [2.75, 3.05) is 40.0 Å². The highest BCUT2D eigenvalue weighted by atomic mass is 19.1. The van der Waals surface area contributed by atoms with E-state index in [4.69, 9.17) is 14.2 Å². The Balaban J connectivity index is 1.63. The Labute approximate surface area is 194 Å². The fourth-order valence-corrected chi connectivity index (χ4v) is 4.54. The molecule has 2 heterocycles. The van der Waals surface area contributed by atoms with Gasteiger partial charge in [0.05, 0.1) is 37.4 Å². The monoisotopic (exact) mass is 457 g/mol. The molecule has 1 aliphatic carbocycles. The number of carbonyl (C=O) groups is 1. The molecule has 178 valence electrons. The van der Waals surface area contributed by atoms with E-state index in [0.717, 1.165) is 23.4 Å². The van der Waals surface area contributed by atoms with Crippen molar-refractivity contribution >= 4 is 12.2 Å². The molecule has 1 amide bonds. The van der Waals surface area contributed by atoms with E-state index in [1.54, 1.807) is 24.1 Å². The minimum absolute atomic E-state index is 0.278. The first-order chi connectivity index (χ1) is 15.7. The van der Waals surface area contributed by atoms with Gasteiger partial charge in [0.25, 0.3) is 0 Å². The van der Waals surface area contributed by atoms with Gasteiger partial charge in [0.15, 0.2) is 0 Å².